The minimum atomic E-state index is 0.373. The molecular formula is C15H20N6O. The van der Waals surface area contributed by atoms with Crippen molar-refractivity contribution in [2.24, 2.45) is 10.7 Å². The van der Waals surface area contributed by atoms with E-state index in [0.717, 1.165) is 30.3 Å². The molecule has 0 unspecified atom stereocenters. The highest BCUT2D eigenvalue weighted by molar-refractivity contribution is 5.92. The molecule has 0 saturated carbocycles. The molecule has 0 spiro atoms. The van der Waals surface area contributed by atoms with Crippen LogP contribution in [0.1, 0.15) is 24.1 Å². The van der Waals surface area contributed by atoms with Crippen LogP contribution in [0, 0.1) is 0 Å². The first-order valence-electron chi connectivity index (χ1n) is 7.41. The molecule has 116 valence electrons. The van der Waals surface area contributed by atoms with Gasteiger partial charge in [0, 0.05) is 12.2 Å². The number of aromatic nitrogens is 3. The van der Waals surface area contributed by atoms with Gasteiger partial charge in [0.2, 0.25) is 0 Å². The number of aliphatic imine (C=N–C) groups is 1. The number of nitrogens with one attached hydrogen (secondary N) is 1. The van der Waals surface area contributed by atoms with Crippen LogP contribution in [-0.4, -0.2) is 27.3 Å². The molecule has 2 heterocycles. The normalized spacial score (nSPS) is 14.7. The Bertz CT molecular complexity index is 678. The van der Waals surface area contributed by atoms with E-state index in [-0.39, 0.29) is 0 Å². The average Bonchev–Trinajstić information content (AvgIpc) is 2.96. The second-order valence-corrected chi connectivity index (χ2v) is 5.12. The van der Waals surface area contributed by atoms with Crippen LogP contribution in [0.25, 0.3) is 0 Å². The Kier molecular flexibility index (Phi) is 4.34. The molecule has 0 aliphatic carbocycles. The molecule has 1 aliphatic heterocycles. The summed E-state index contributed by atoms with van der Waals surface area (Å²) in [6, 6.07) is 8.13. The van der Waals surface area contributed by atoms with E-state index in [1.807, 2.05) is 16.7 Å². The summed E-state index contributed by atoms with van der Waals surface area (Å²) in [5.41, 5.74) is 8.14. The van der Waals surface area contributed by atoms with Crippen LogP contribution in [0.5, 0.6) is 0 Å². The number of rotatable bonds is 4. The lowest BCUT2D eigenvalue weighted by Gasteiger charge is -2.14. The van der Waals surface area contributed by atoms with E-state index in [1.165, 1.54) is 5.56 Å². The number of anilines is 1. The smallest absolute Gasteiger partial charge is 0.193 e. The van der Waals surface area contributed by atoms with Crippen LogP contribution >= 0.6 is 0 Å². The standard InChI is InChI=1S/C15H20N6O/c1-2-11-4-3-5-12(8-11)18-15(16)17-9-13-19-20-14-10-22-7-6-21(13)14/h3-5,8H,2,6-7,9-10H2,1H3,(H3,16,17,18). The monoisotopic (exact) mass is 300 g/mol. The third-order valence-electron chi connectivity index (χ3n) is 3.59. The molecule has 1 aromatic carbocycles. The second-order valence-electron chi connectivity index (χ2n) is 5.12. The molecule has 1 aliphatic rings. The van der Waals surface area contributed by atoms with Gasteiger partial charge in [-0.15, -0.1) is 10.2 Å². The van der Waals surface area contributed by atoms with Gasteiger partial charge >= 0.3 is 0 Å². The maximum Gasteiger partial charge on any atom is 0.193 e. The third kappa shape index (κ3) is 3.25. The SMILES string of the molecule is CCc1cccc(NC(N)=NCc2nnc3n2CCOC3)c1. The zero-order chi connectivity index (χ0) is 15.4. The lowest BCUT2D eigenvalue weighted by molar-refractivity contribution is 0.0806. The highest BCUT2D eigenvalue weighted by Gasteiger charge is 2.15. The van der Waals surface area contributed by atoms with Crippen molar-refractivity contribution in [3.63, 3.8) is 0 Å². The molecular weight excluding hydrogens is 280 g/mol. The molecule has 3 N–H and O–H groups in total. The predicted molar refractivity (Wildman–Crippen MR) is 84.4 cm³/mol. The molecule has 0 fully saturated rings. The van der Waals surface area contributed by atoms with E-state index in [9.17, 15) is 0 Å². The number of guanidine groups is 1. The van der Waals surface area contributed by atoms with Gasteiger partial charge in [-0.3, -0.25) is 0 Å². The Hall–Kier alpha value is -2.41. The summed E-state index contributed by atoms with van der Waals surface area (Å²) in [4.78, 5) is 4.34. The van der Waals surface area contributed by atoms with Crippen LogP contribution in [0.15, 0.2) is 29.3 Å². The fourth-order valence-corrected chi connectivity index (χ4v) is 2.39. The molecule has 7 nitrogen and oxygen atoms in total. The maximum atomic E-state index is 5.95. The molecule has 3 rings (SSSR count). The van der Waals surface area contributed by atoms with Crippen molar-refractivity contribution in [1.29, 1.82) is 0 Å². The number of aryl methyl sites for hydroxylation is 1. The van der Waals surface area contributed by atoms with Gasteiger partial charge in [0.25, 0.3) is 0 Å². The van der Waals surface area contributed by atoms with Gasteiger partial charge < -0.3 is 20.4 Å². The first-order chi connectivity index (χ1) is 10.8. The highest BCUT2D eigenvalue weighted by atomic mass is 16.5. The molecule has 1 aromatic heterocycles. The average molecular weight is 300 g/mol. The van der Waals surface area contributed by atoms with Crippen LogP contribution in [-0.2, 0) is 30.9 Å². The fourth-order valence-electron chi connectivity index (χ4n) is 2.39. The second kappa shape index (κ2) is 6.57. The molecule has 22 heavy (non-hydrogen) atoms. The van der Waals surface area contributed by atoms with Crippen molar-refractivity contribution in [2.75, 3.05) is 11.9 Å². The number of benzene rings is 1. The van der Waals surface area contributed by atoms with E-state index in [0.29, 0.717) is 25.7 Å². The van der Waals surface area contributed by atoms with Crippen molar-refractivity contribution in [1.82, 2.24) is 14.8 Å². The Morgan fingerprint density at radius 3 is 3.23 bits per heavy atom. The molecule has 0 atom stereocenters. The van der Waals surface area contributed by atoms with Gasteiger partial charge in [-0.05, 0) is 24.1 Å². The number of nitrogens with two attached hydrogens (primary N) is 1. The summed E-state index contributed by atoms with van der Waals surface area (Å²) >= 11 is 0. The van der Waals surface area contributed by atoms with Crippen molar-refractivity contribution in [2.45, 2.75) is 33.0 Å². The van der Waals surface area contributed by atoms with Gasteiger partial charge in [-0.1, -0.05) is 19.1 Å². The van der Waals surface area contributed by atoms with Crippen LogP contribution in [0.2, 0.25) is 0 Å². The van der Waals surface area contributed by atoms with Crippen molar-refractivity contribution >= 4 is 11.6 Å². The molecule has 2 aromatic rings. The maximum absolute atomic E-state index is 5.95. The molecule has 0 bridgehead atoms. The number of nitrogens with zero attached hydrogens (tertiary/aromatic N) is 4. The van der Waals surface area contributed by atoms with Gasteiger partial charge in [-0.2, -0.15) is 0 Å². The zero-order valence-corrected chi connectivity index (χ0v) is 12.6. The quantitative estimate of drug-likeness (QED) is 0.656. The van der Waals surface area contributed by atoms with Crippen molar-refractivity contribution < 1.29 is 4.74 Å². The Balaban J connectivity index is 1.66. The summed E-state index contributed by atoms with van der Waals surface area (Å²) in [5.74, 6) is 2.03. The van der Waals surface area contributed by atoms with E-state index in [1.54, 1.807) is 0 Å². The Morgan fingerprint density at radius 1 is 1.45 bits per heavy atom. The molecule has 0 radical (unpaired) electrons. The lowest BCUT2D eigenvalue weighted by Crippen LogP contribution is -2.23. The first kappa shape index (κ1) is 14.5. The minimum absolute atomic E-state index is 0.373. The van der Waals surface area contributed by atoms with E-state index < -0.39 is 0 Å². The number of hydrogen-bond donors (Lipinski definition) is 2. The van der Waals surface area contributed by atoms with Gasteiger partial charge in [0.1, 0.15) is 13.2 Å². The zero-order valence-electron chi connectivity index (χ0n) is 12.6. The third-order valence-corrected chi connectivity index (χ3v) is 3.59. The fraction of sp³-hybridized carbons (Fsp3) is 0.400. The van der Waals surface area contributed by atoms with Crippen molar-refractivity contribution in [3.05, 3.63) is 41.5 Å². The number of fused-ring (bicyclic) bond motifs is 1. The largest absolute Gasteiger partial charge is 0.372 e. The van der Waals surface area contributed by atoms with Crippen molar-refractivity contribution in [3.8, 4) is 0 Å². The van der Waals surface area contributed by atoms with Gasteiger partial charge in [0.05, 0.1) is 6.61 Å². The van der Waals surface area contributed by atoms with Crippen LogP contribution in [0.3, 0.4) is 0 Å². The molecule has 7 heteroatoms. The predicted octanol–water partition coefficient (Wildman–Crippen LogP) is 1.30. The lowest BCUT2D eigenvalue weighted by atomic mass is 10.1. The highest BCUT2D eigenvalue weighted by Crippen LogP contribution is 2.12. The summed E-state index contributed by atoms with van der Waals surface area (Å²) in [7, 11) is 0. The Morgan fingerprint density at radius 2 is 2.36 bits per heavy atom. The molecule has 0 amide bonds. The minimum Gasteiger partial charge on any atom is -0.372 e. The van der Waals surface area contributed by atoms with Crippen LogP contribution < -0.4 is 11.1 Å². The van der Waals surface area contributed by atoms with Crippen LogP contribution in [0.4, 0.5) is 5.69 Å². The summed E-state index contributed by atoms with van der Waals surface area (Å²) in [5, 5.41) is 11.4. The van der Waals surface area contributed by atoms with Gasteiger partial charge in [-0.25, -0.2) is 4.99 Å². The summed E-state index contributed by atoms with van der Waals surface area (Å²) < 4.78 is 7.38. The topological polar surface area (TPSA) is 90.4 Å². The number of ether oxygens (including phenoxy) is 1. The van der Waals surface area contributed by atoms with E-state index in [2.05, 4.69) is 39.6 Å². The molecule has 0 saturated heterocycles. The van der Waals surface area contributed by atoms with E-state index in [4.69, 9.17) is 10.5 Å². The summed E-state index contributed by atoms with van der Waals surface area (Å²) in [6.07, 6.45) is 0.987. The number of hydrogen-bond acceptors (Lipinski definition) is 4. The Labute approximate surface area is 129 Å². The first-order valence-corrected chi connectivity index (χ1v) is 7.41. The van der Waals surface area contributed by atoms with Gasteiger partial charge in [0.15, 0.2) is 17.6 Å². The summed E-state index contributed by atoms with van der Waals surface area (Å²) in [6.45, 7) is 4.47. The van der Waals surface area contributed by atoms with E-state index >= 15 is 0 Å².